The molecule has 0 radical (unpaired) electrons. The molecule has 0 heterocycles. The maximum absolute atomic E-state index is 11.4. The Morgan fingerprint density at radius 2 is 2.31 bits per heavy atom. The van der Waals surface area contributed by atoms with E-state index in [4.69, 9.17) is 10.9 Å². The molecule has 0 aliphatic carbocycles. The Kier molecular flexibility index (Phi) is 4.78. The van der Waals surface area contributed by atoms with E-state index in [1.807, 2.05) is 24.3 Å². The smallest absolute Gasteiger partial charge is 0.224 e. The molecule has 1 amide bonds. The highest BCUT2D eigenvalue weighted by Gasteiger charge is 2.04. The average molecular weight is 286 g/mol. The topological polar surface area (TPSA) is 87.7 Å². The molecule has 0 atom stereocenters. The number of carbonyl (C=O) groups excluding carboxylic acids is 1. The third-order valence-electron chi connectivity index (χ3n) is 1.85. The van der Waals surface area contributed by atoms with Crippen LogP contribution in [0.2, 0.25) is 0 Å². The number of nitrogens with one attached hydrogen (secondary N) is 1. The zero-order valence-electron chi connectivity index (χ0n) is 8.48. The second-order valence-electron chi connectivity index (χ2n) is 3.17. The lowest BCUT2D eigenvalue weighted by Gasteiger charge is -2.04. The lowest BCUT2D eigenvalue weighted by molar-refractivity contribution is -0.120. The number of rotatable bonds is 4. The monoisotopic (exact) mass is 285 g/mol. The van der Waals surface area contributed by atoms with Gasteiger partial charge in [0.2, 0.25) is 5.91 Å². The lowest BCUT2D eigenvalue weighted by Crippen LogP contribution is -2.34. The summed E-state index contributed by atoms with van der Waals surface area (Å²) < 4.78 is 0.925. The highest BCUT2D eigenvalue weighted by atomic mass is 79.9. The van der Waals surface area contributed by atoms with Crippen LogP contribution in [0.3, 0.4) is 0 Å². The lowest BCUT2D eigenvalue weighted by atomic mass is 10.1. The van der Waals surface area contributed by atoms with E-state index in [0.29, 0.717) is 0 Å². The van der Waals surface area contributed by atoms with Crippen LogP contribution in [0.1, 0.15) is 5.56 Å². The van der Waals surface area contributed by atoms with Gasteiger partial charge in [0, 0.05) is 4.47 Å². The summed E-state index contributed by atoms with van der Waals surface area (Å²) >= 11 is 3.32. The van der Waals surface area contributed by atoms with Crippen molar-refractivity contribution in [2.24, 2.45) is 10.9 Å². The van der Waals surface area contributed by atoms with Crippen molar-refractivity contribution in [1.82, 2.24) is 5.32 Å². The fraction of sp³-hybridized carbons (Fsp3) is 0.200. The minimum absolute atomic E-state index is 0.0254. The zero-order chi connectivity index (χ0) is 12.0. The molecule has 5 nitrogen and oxygen atoms in total. The molecule has 0 aromatic heterocycles. The van der Waals surface area contributed by atoms with E-state index >= 15 is 0 Å². The van der Waals surface area contributed by atoms with Crippen LogP contribution >= 0.6 is 15.9 Å². The fourth-order valence-electron chi connectivity index (χ4n) is 1.12. The number of halogens is 1. The number of amidine groups is 1. The Morgan fingerprint density at radius 3 is 2.94 bits per heavy atom. The normalized spacial score (nSPS) is 11.2. The van der Waals surface area contributed by atoms with Crippen LogP contribution in [-0.2, 0) is 11.2 Å². The maximum atomic E-state index is 11.4. The third kappa shape index (κ3) is 4.31. The summed E-state index contributed by atoms with van der Waals surface area (Å²) in [6, 6.07) is 7.46. The molecular formula is C10H12BrN3O2. The summed E-state index contributed by atoms with van der Waals surface area (Å²) in [5.74, 6) is -0.202. The van der Waals surface area contributed by atoms with Crippen molar-refractivity contribution in [3.8, 4) is 0 Å². The Hall–Kier alpha value is -1.56. The second-order valence-corrected chi connectivity index (χ2v) is 4.09. The molecule has 4 N–H and O–H groups in total. The largest absolute Gasteiger partial charge is 0.409 e. The van der Waals surface area contributed by atoms with Gasteiger partial charge in [0.25, 0.3) is 0 Å². The van der Waals surface area contributed by atoms with Gasteiger partial charge in [0.1, 0.15) is 0 Å². The predicted octanol–water partition coefficient (Wildman–Crippen LogP) is 0.854. The summed E-state index contributed by atoms with van der Waals surface area (Å²) in [4.78, 5) is 11.4. The van der Waals surface area contributed by atoms with Crippen molar-refractivity contribution in [2.45, 2.75) is 6.42 Å². The van der Waals surface area contributed by atoms with Gasteiger partial charge in [-0.15, -0.1) is 0 Å². The first-order valence-corrected chi connectivity index (χ1v) is 5.38. The van der Waals surface area contributed by atoms with Crippen LogP contribution in [-0.4, -0.2) is 23.5 Å². The Labute approximate surface area is 101 Å². The van der Waals surface area contributed by atoms with Gasteiger partial charge in [-0.2, -0.15) is 0 Å². The van der Waals surface area contributed by atoms with E-state index < -0.39 is 0 Å². The fourth-order valence-corrected chi connectivity index (χ4v) is 1.57. The van der Waals surface area contributed by atoms with Crippen molar-refractivity contribution in [1.29, 1.82) is 0 Å². The van der Waals surface area contributed by atoms with Crippen molar-refractivity contribution in [3.63, 3.8) is 0 Å². The molecule has 1 aromatic rings. The molecule has 0 fully saturated rings. The van der Waals surface area contributed by atoms with Gasteiger partial charge in [0.15, 0.2) is 5.84 Å². The third-order valence-corrected chi connectivity index (χ3v) is 2.34. The van der Waals surface area contributed by atoms with Crippen LogP contribution in [0.5, 0.6) is 0 Å². The minimum Gasteiger partial charge on any atom is -0.409 e. The number of hydrogen-bond acceptors (Lipinski definition) is 3. The van der Waals surface area contributed by atoms with E-state index in [2.05, 4.69) is 26.4 Å². The zero-order valence-corrected chi connectivity index (χ0v) is 10.1. The van der Waals surface area contributed by atoms with Gasteiger partial charge in [-0.1, -0.05) is 33.2 Å². The van der Waals surface area contributed by atoms with E-state index in [-0.39, 0.29) is 24.7 Å². The first kappa shape index (κ1) is 12.5. The molecule has 0 bridgehead atoms. The SMILES string of the molecule is NC(CNC(=O)Cc1cccc(Br)c1)=NO. The first-order valence-electron chi connectivity index (χ1n) is 4.59. The number of carbonyl (C=O) groups is 1. The molecular weight excluding hydrogens is 274 g/mol. The van der Waals surface area contributed by atoms with Crippen LogP contribution in [0, 0.1) is 0 Å². The molecule has 16 heavy (non-hydrogen) atoms. The number of nitrogens with two attached hydrogens (primary N) is 1. The Balaban J connectivity index is 2.46. The van der Waals surface area contributed by atoms with Crippen LogP contribution in [0.4, 0.5) is 0 Å². The molecule has 1 aromatic carbocycles. The second kappa shape index (κ2) is 6.12. The van der Waals surface area contributed by atoms with E-state index in [0.717, 1.165) is 10.0 Å². The van der Waals surface area contributed by atoms with Crippen molar-refractivity contribution < 1.29 is 10.0 Å². The minimum atomic E-state index is -0.176. The standard InChI is InChI=1S/C10H12BrN3O2/c11-8-3-1-2-7(4-8)5-10(15)13-6-9(12)14-16/h1-4,16H,5-6H2,(H2,12,14)(H,13,15). The Bertz CT molecular complexity index is 407. The van der Waals surface area contributed by atoms with Gasteiger partial charge < -0.3 is 16.3 Å². The van der Waals surface area contributed by atoms with E-state index in [1.165, 1.54) is 0 Å². The van der Waals surface area contributed by atoms with Crippen molar-refractivity contribution in [2.75, 3.05) is 6.54 Å². The van der Waals surface area contributed by atoms with Gasteiger partial charge in [-0.3, -0.25) is 4.79 Å². The predicted molar refractivity (Wildman–Crippen MR) is 64.3 cm³/mol. The summed E-state index contributed by atoms with van der Waals surface area (Å²) in [5.41, 5.74) is 6.11. The highest BCUT2D eigenvalue weighted by Crippen LogP contribution is 2.11. The van der Waals surface area contributed by atoms with Crippen LogP contribution in [0.15, 0.2) is 33.9 Å². The maximum Gasteiger partial charge on any atom is 0.224 e. The van der Waals surface area contributed by atoms with Gasteiger partial charge in [-0.25, -0.2) is 0 Å². The number of hydrogen-bond donors (Lipinski definition) is 3. The molecule has 6 heteroatoms. The summed E-state index contributed by atoms with van der Waals surface area (Å²) in [5, 5.41) is 13.6. The Morgan fingerprint density at radius 1 is 1.56 bits per heavy atom. The van der Waals surface area contributed by atoms with Gasteiger partial charge in [-0.05, 0) is 17.7 Å². The molecule has 0 saturated carbocycles. The quantitative estimate of drug-likeness (QED) is 0.332. The van der Waals surface area contributed by atoms with Gasteiger partial charge >= 0.3 is 0 Å². The average Bonchev–Trinajstić information content (AvgIpc) is 2.26. The van der Waals surface area contributed by atoms with E-state index in [1.54, 1.807) is 0 Å². The molecule has 1 rings (SSSR count). The summed E-state index contributed by atoms with van der Waals surface area (Å²) in [7, 11) is 0. The number of benzene rings is 1. The number of amides is 1. The van der Waals surface area contributed by atoms with Crippen LogP contribution in [0.25, 0.3) is 0 Å². The number of oxime groups is 1. The van der Waals surface area contributed by atoms with Crippen molar-refractivity contribution >= 4 is 27.7 Å². The molecule has 0 aliphatic rings. The van der Waals surface area contributed by atoms with Crippen molar-refractivity contribution in [3.05, 3.63) is 34.3 Å². The molecule has 0 saturated heterocycles. The summed E-state index contributed by atoms with van der Waals surface area (Å²) in [6.45, 7) is 0.0450. The highest BCUT2D eigenvalue weighted by molar-refractivity contribution is 9.10. The number of nitrogens with zero attached hydrogens (tertiary/aromatic N) is 1. The molecule has 86 valence electrons. The summed E-state index contributed by atoms with van der Waals surface area (Å²) in [6.07, 6.45) is 0.262. The molecule has 0 spiro atoms. The van der Waals surface area contributed by atoms with E-state index in [9.17, 15) is 4.79 Å². The molecule has 0 aliphatic heterocycles. The molecule has 0 unspecified atom stereocenters. The van der Waals surface area contributed by atoms with Crippen LogP contribution < -0.4 is 11.1 Å². The van der Waals surface area contributed by atoms with Gasteiger partial charge in [0.05, 0.1) is 13.0 Å². The first-order chi connectivity index (χ1) is 7.61.